The molecule has 1 heterocycles. The Hall–Kier alpha value is -3.07. The molecule has 2 amide bonds. The normalized spacial score (nSPS) is 13.0. The lowest BCUT2D eigenvalue weighted by molar-refractivity contribution is -0.121. The fraction of sp³-hybridized carbons (Fsp3) is 0.476. The molecule has 1 fully saturated rings. The van der Waals surface area contributed by atoms with Crippen LogP contribution in [0.25, 0.3) is 11.3 Å². The first-order chi connectivity index (χ1) is 14.5. The number of nitrogens with one attached hydrogen (secondary N) is 1. The zero-order chi connectivity index (χ0) is 21.5. The van der Waals surface area contributed by atoms with E-state index in [1.54, 1.807) is 50.5 Å². The summed E-state index contributed by atoms with van der Waals surface area (Å²) >= 11 is 0. The number of amides is 2. The molecule has 1 aliphatic carbocycles. The highest BCUT2D eigenvalue weighted by molar-refractivity contribution is 5.93. The summed E-state index contributed by atoms with van der Waals surface area (Å²) in [6.07, 6.45) is 2.27. The Morgan fingerprint density at radius 1 is 1.17 bits per heavy atom. The van der Waals surface area contributed by atoms with E-state index >= 15 is 0 Å². The lowest BCUT2D eigenvalue weighted by Crippen LogP contribution is -2.37. The van der Waals surface area contributed by atoms with Gasteiger partial charge in [-0.1, -0.05) is 5.16 Å². The van der Waals surface area contributed by atoms with E-state index in [4.69, 9.17) is 18.7 Å². The Morgan fingerprint density at radius 2 is 1.97 bits per heavy atom. The number of hydrogen-bond donors (Lipinski definition) is 1. The number of rotatable bonds is 11. The van der Waals surface area contributed by atoms with Gasteiger partial charge in [0.05, 0.1) is 26.4 Å². The highest BCUT2D eigenvalue weighted by Gasteiger charge is 2.25. The van der Waals surface area contributed by atoms with Crippen molar-refractivity contribution in [2.24, 2.45) is 0 Å². The molecule has 30 heavy (non-hydrogen) atoms. The average Bonchev–Trinajstić information content (AvgIpc) is 3.44. The van der Waals surface area contributed by atoms with E-state index in [0.29, 0.717) is 36.0 Å². The highest BCUT2D eigenvalue weighted by Crippen LogP contribution is 2.33. The number of benzene rings is 1. The maximum Gasteiger partial charge on any atom is 0.276 e. The molecule has 1 aromatic heterocycles. The predicted molar refractivity (Wildman–Crippen MR) is 109 cm³/mol. The summed E-state index contributed by atoms with van der Waals surface area (Å²) in [6, 6.07) is 7.12. The molecular weight excluding hydrogens is 390 g/mol. The Balaban J connectivity index is 1.73. The van der Waals surface area contributed by atoms with Crippen LogP contribution in [-0.4, -0.2) is 68.9 Å². The maximum atomic E-state index is 13.0. The highest BCUT2D eigenvalue weighted by atomic mass is 16.5. The molecule has 0 saturated heterocycles. The minimum atomic E-state index is -0.330. The summed E-state index contributed by atoms with van der Waals surface area (Å²) in [5.41, 5.74) is 0.768. The lowest BCUT2D eigenvalue weighted by Gasteiger charge is -2.21. The minimum Gasteiger partial charge on any atom is -0.497 e. The third-order valence-corrected chi connectivity index (χ3v) is 4.81. The minimum absolute atomic E-state index is 0.0605. The third-order valence-electron chi connectivity index (χ3n) is 4.81. The first-order valence-corrected chi connectivity index (χ1v) is 9.82. The molecule has 2 aromatic rings. The monoisotopic (exact) mass is 417 g/mol. The molecule has 9 heteroatoms. The summed E-state index contributed by atoms with van der Waals surface area (Å²) in [4.78, 5) is 26.5. The third kappa shape index (κ3) is 5.50. The molecule has 0 atom stereocenters. The van der Waals surface area contributed by atoms with Gasteiger partial charge in [0.2, 0.25) is 5.91 Å². The van der Waals surface area contributed by atoms with Crippen LogP contribution in [0.5, 0.6) is 11.5 Å². The number of nitrogens with zero attached hydrogens (tertiary/aromatic N) is 2. The van der Waals surface area contributed by atoms with Gasteiger partial charge in [-0.15, -0.1) is 0 Å². The van der Waals surface area contributed by atoms with Crippen molar-refractivity contribution in [1.29, 1.82) is 0 Å². The van der Waals surface area contributed by atoms with Crippen LogP contribution in [0.2, 0.25) is 0 Å². The fourth-order valence-electron chi connectivity index (χ4n) is 2.95. The number of carbonyl (C=O) groups excluding carboxylic acids is 2. The first-order valence-electron chi connectivity index (χ1n) is 9.82. The van der Waals surface area contributed by atoms with E-state index in [1.165, 1.54) is 0 Å². The molecule has 0 spiro atoms. The SMILES string of the molecule is COCCN(CCC(=O)NC1CC1)C(=O)c1cc(-c2cc(OC)ccc2OC)on1. The molecule has 162 valence electrons. The van der Waals surface area contributed by atoms with Crippen LogP contribution < -0.4 is 14.8 Å². The van der Waals surface area contributed by atoms with Crippen molar-refractivity contribution in [3.63, 3.8) is 0 Å². The van der Waals surface area contributed by atoms with Gasteiger partial charge in [0.25, 0.3) is 5.91 Å². The predicted octanol–water partition coefficient (Wildman–Crippen LogP) is 2.12. The van der Waals surface area contributed by atoms with E-state index in [2.05, 4.69) is 10.5 Å². The Kier molecular flexibility index (Phi) is 7.29. The molecular formula is C21H27N3O6. The number of carbonyl (C=O) groups is 2. The smallest absolute Gasteiger partial charge is 0.276 e. The van der Waals surface area contributed by atoms with Gasteiger partial charge in [0, 0.05) is 38.7 Å². The molecule has 0 bridgehead atoms. The zero-order valence-corrected chi connectivity index (χ0v) is 17.5. The van der Waals surface area contributed by atoms with Gasteiger partial charge >= 0.3 is 0 Å². The van der Waals surface area contributed by atoms with Gasteiger partial charge in [0.1, 0.15) is 11.5 Å². The van der Waals surface area contributed by atoms with E-state index in [9.17, 15) is 9.59 Å². The van der Waals surface area contributed by atoms with Crippen molar-refractivity contribution >= 4 is 11.8 Å². The van der Waals surface area contributed by atoms with Gasteiger partial charge in [-0.25, -0.2) is 0 Å². The van der Waals surface area contributed by atoms with E-state index < -0.39 is 0 Å². The van der Waals surface area contributed by atoms with Crippen LogP contribution in [0.1, 0.15) is 29.8 Å². The Labute approximate surface area is 175 Å². The standard InChI is InChI=1S/C21H27N3O6/c1-27-11-10-24(9-8-20(25)22-14-4-5-14)21(26)17-13-19(30-23-17)16-12-15(28-2)6-7-18(16)29-3/h6-7,12-14H,4-5,8-11H2,1-3H3,(H,22,25). The first kappa shape index (κ1) is 21.6. The Morgan fingerprint density at radius 3 is 2.63 bits per heavy atom. The quantitative estimate of drug-likeness (QED) is 0.597. The summed E-state index contributed by atoms with van der Waals surface area (Å²) in [7, 11) is 4.67. The van der Waals surface area contributed by atoms with Crippen LogP contribution in [0, 0.1) is 0 Å². The van der Waals surface area contributed by atoms with E-state index in [1.807, 2.05) is 0 Å². The van der Waals surface area contributed by atoms with Crippen molar-refractivity contribution in [3.8, 4) is 22.8 Å². The molecule has 0 radical (unpaired) electrons. The average molecular weight is 417 g/mol. The number of aromatic nitrogens is 1. The van der Waals surface area contributed by atoms with Gasteiger partial charge in [-0.2, -0.15) is 0 Å². The van der Waals surface area contributed by atoms with Crippen LogP contribution in [-0.2, 0) is 9.53 Å². The lowest BCUT2D eigenvalue weighted by atomic mass is 10.1. The number of ether oxygens (including phenoxy) is 3. The molecule has 1 aromatic carbocycles. The van der Waals surface area contributed by atoms with E-state index in [0.717, 1.165) is 12.8 Å². The molecule has 1 aliphatic rings. The van der Waals surface area contributed by atoms with Crippen molar-refractivity contribution in [2.45, 2.75) is 25.3 Å². The second kappa shape index (κ2) is 10.1. The maximum absolute atomic E-state index is 13.0. The van der Waals surface area contributed by atoms with Gasteiger partial charge in [-0.05, 0) is 31.0 Å². The summed E-state index contributed by atoms with van der Waals surface area (Å²) in [6.45, 7) is 0.965. The molecule has 0 unspecified atom stereocenters. The van der Waals surface area contributed by atoms with Crippen molar-refractivity contribution in [1.82, 2.24) is 15.4 Å². The molecule has 1 saturated carbocycles. The molecule has 3 rings (SSSR count). The van der Waals surface area contributed by atoms with Crippen molar-refractivity contribution < 1.29 is 28.3 Å². The summed E-state index contributed by atoms with van der Waals surface area (Å²) in [5.74, 6) is 1.18. The largest absolute Gasteiger partial charge is 0.497 e. The molecule has 0 aliphatic heterocycles. The number of hydrogen-bond acceptors (Lipinski definition) is 7. The van der Waals surface area contributed by atoms with Crippen LogP contribution >= 0.6 is 0 Å². The van der Waals surface area contributed by atoms with Crippen molar-refractivity contribution in [3.05, 3.63) is 30.0 Å². The van der Waals surface area contributed by atoms with Gasteiger partial charge < -0.3 is 29.0 Å². The van der Waals surface area contributed by atoms with E-state index in [-0.39, 0.29) is 36.5 Å². The zero-order valence-electron chi connectivity index (χ0n) is 17.5. The second-order valence-corrected chi connectivity index (χ2v) is 7.02. The van der Waals surface area contributed by atoms with Crippen molar-refractivity contribution in [2.75, 3.05) is 41.0 Å². The topological polar surface area (TPSA) is 103 Å². The summed E-state index contributed by atoms with van der Waals surface area (Å²) in [5, 5.41) is 6.86. The van der Waals surface area contributed by atoms with Crippen LogP contribution in [0.15, 0.2) is 28.8 Å². The van der Waals surface area contributed by atoms with Crippen LogP contribution in [0.4, 0.5) is 0 Å². The van der Waals surface area contributed by atoms with Gasteiger partial charge in [0.15, 0.2) is 11.5 Å². The molecule has 1 N–H and O–H groups in total. The second-order valence-electron chi connectivity index (χ2n) is 7.02. The fourth-order valence-corrected chi connectivity index (χ4v) is 2.95. The summed E-state index contributed by atoms with van der Waals surface area (Å²) < 4.78 is 21.1. The van der Waals surface area contributed by atoms with Gasteiger partial charge in [-0.3, -0.25) is 9.59 Å². The molecule has 9 nitrogen and oxygen atoms in total. The Bertz CT molecular complexity index is 877. The van der Waals surface area contributed by atoms with Crippen LogP contribution in [0.3, 0.4) is 0 Å². The number of methoxy groups -OCH3 is 3.